The van der Waals surface area contributed by atoms with Gasteiger partial charge in [-0.2, -0.15) is 0 Å². The minimum absolute atomic E-state index is 0.0119. The van der Waals surface area contributed by atoms with Crippen LogP contribution >= 0.6 is 22.6 Å². The summed E-state index contributed by atoms with van der Waals surface area (Å²) in [6.45, 7) is 0.284. The molecule has 1 fully saturated rings. The number of rotatable bonds is 12. The summed E-state index contributed by atoms with van der Waals surface area (Å²) >= 11 is 2.05. The number of hydrogen-bond acceptors (Lipinski definition) is 10. The summed E-state index contributed by atoms with van der Waals surface area (Å²) in [6, 6.07) is 9.42. The van der Waals surface area contributed by atoms with Gasteiger partial charge in [-0.25, -0.2) is 0 Å². The first-order valence-electron chi connectivity index (χ1n) is 14.7. The number of methoxy groups -OCH3 is 2. The summed E-state index contributed by atoms with van der Waals surface area (Å²) in [5.41, 5.74) is 1.31. The van der Waals surface area contributed by atoms with Crippen molar-refractivity contribution in [2.75, 3.05) is 40.5 Å². The fourth-order valence-electron chi connectivity index (χ4n) is 5.72. The van der Waals surface area contributed by atoms with Crippen molar-refractivity contribution in [2.45, 2.75) is 50.2 Å². The Morgan fingerprint density at radius 1 is 1.13 bits per heavy atom. The average molecular weight is 737 g/mol. The number of amides is 2. The number of halogens is 1. The Bertz CT molecular complexity index is 1550. The van der Waals surface area contributed by atoms with Crippen LogP contribution in [0.1, 0.15) is 35.4 Å². The third-order valence-corrected chi connectivity index (χ3v) is 8.77. The number of para-hydroxylation sites is 1. The van der Waals surface area contributed by atoms with Crippen LogP contribution in [0.4, 0.5) is 0 Å². The van der Waals surface area contributed by atoms with Gasteiger partial charge in [-0.1, -0.05) is 12.1 Å². The van der Waals surface area contributed by atoms with Crippen LogP contribution in [0.25, 0.3) is 11.0 Å². The number of carbonyl (C=O) groups excluding carboxylic acids is 2. The lowest BCUT2D eigenvalue weighted by molar-refractivity contribution is -0.118. The Morgan fingerprint density at radius 3 is 2.62 bits per heavy atom. The van der Waals surface area contributed by atoms with Crippen LogP contribution in [0.5, 0.6) is 17.2 Å². The van der Waals surface area contributed by atoms with E-state index in [2.05, 4.69) is 27.9 Å². The van der Waals surface area contributed by atoms with E-state index in [-0.39, 0.29) is 50.2 Å². The van der Waals surface area contributed by atoms with E-state index in [0.717, 1.165) is 12.8 Å². The number of carbonyl (C=O) groups is 2. The van der Waals surface area contributed by atoms with Gasteiger partial charge in [0.2, 0.25) is 5.91 Å². The number of nitrogens with one attached hydrogen (secondary N) is 1. The average Bonchev–Trinajstić information content (AvgIpc) is 3.74. The summed E-state index contributed by atoms with van der Waals surface area (Å²) in [7, 11) is 2.98. The zero-order valence-electron chi connectivity index (χ0n) is 25.0. The number of furan rings is 1. The predicted molar refractivity (Wildman–Crippen MR) is 171 cm³/mol. The Balaban J connectivity index is 1.54. The molecule has 2 aliphatic rings. The number of ether oxygens (including phenoxy) is 4. The quantitative estimate of drug-likeness (QED) is 0.204. The molecule has 5 rings (SSSR count). The van der Waals surface area contributed by atoms with E-state index in [1.165, 1.54) is 25.2 Å². The second-order valence-corrected chi connectivity index (χ2v) is 12.0. The maximum atomic E-state index is 14.3. The first-order valence-corrected chi connectivity index (χ1v) is 15.8. The molecule has 0 spiro atoms. The van der Waals surface area contributed by atoms with Crippen LogP contribution in [-0.2, 0) is 16.1 Å². The molecule has 0 saturated carbocycles. The van der Waals surface area contributed by atoms with E-state index >= 15 is 0 Å². The van der Waals surface area contributed by atoms with Crippen molar-refractivity contribution in [3.63, 3.8) is 0 Å². The van der Waals surface area contributed by atoms with E-state index in [1.807, 2.05) is 6.07 Å². The first-order chi connectivity index (χ1) is 21.8. The van der Waals surface area contributed by atoms with Gasteiger partial charge >= 0.3 is 0 Å². The highest BCUT2D eigenvalue weighted by atomic mass is 127. The van der Waals surface area contributed by atoms with E-state index in [1.54, 1.807) is 30.3 Å². The second kappa shape index (κ2) is 14.8. The molecule has 0 bridgehead atoms. The van der Waals surface area contributed by atoms with E-state index in [0.29, 0.717) is 44.0 Å². The highest BCUT2D eigenvalue weighted by Crippen LogP contribution is 2.38. The molecule has 0 radical (unpaired) electrons. The fourth-order valence-corrected chi connectivity index (χ4v) is 6.51. The summed E-state index contributed by atoms with van der Waals surface area (Å²) in [4.78, 5) is 29.0. The highest BCUT2D eigenvalue weighted by Gasteiger charge is 2.43. The Kier molecular flexibility index (Phi) is 10.9. The van der Waals surface area contributed by atoms with E-state index in [9.17, 15) is 24.9 Å². The van der Waals surface area contributed by atoms with Gasteiger partial charge in [-0.05, 0) is 71.3 Å². The van der Waals surface area contributed by atoms with Crippen molar-refractivity contribution in [2.24, 2.45) is 0 Å². The number of aliphatic hydroxyl groups is 3. The Morgan fingerprint density at radius 2 is 1.93 bits per heavy atom. The number of aliphatic hydroxyl groups excluding tert-OH is 3. The van der Waals surface area contributed by atoms with E-state index in [4.69, 9.17) is 23.4 Å². The number of benzene rings is 2. The topological polar surface area (TPSA) is 160 Å². The number of hydrogen-bond donors (Lipinski definition) is 4. The van der Waals surface area contributed by atoms with E-state index < -0.39 is 30.1 Å². The molecule has 1 saturated heterocycles. The maximum Gasteiger partial charge on any atom is 0.290 e. The monoisotopic (exact) mass is 736 g/mol. The largest absolute Gasteiger partial charge is 0.493 e. The number of nitrogens with zero attached hydrogens (tertiary/aromatic N) is 1. The summed E-state index contributed by atoms with van der Waals surface area (Å²) < 4.78 is 29.8. The molecule has 4 atom stereocenters. The highest BCUT2D eigenvalue weighted by molar-refractivity contribution is 14.1. The van der Waals surface area contributed by atoms with Crippen molar-refractivity contribution in [3.8, 4) is 17.2 Å². The molecule has 12 nitrogen and oxygen atoms in total. The second-order valence-electron chi connectivity index (χ2n) is 10.9. The lowest BCUT2D eigenvalue weighted by atomic mass is 9.87. The van der Waals surface area contributed by atoms with Crippen LogP contribution in [0.3, 0.4) is 0 Å². The van der Waals surface area contributed by atoms with Gasteiger partial charge in [-0.3, -0.25) is 9.59 Å². The molecule has 4 N–H and O–H groups in total. The van der Waals surface area contributed by atoms with Crippen LogP contribution in [0.15, 0.2) is 52.5 Å². The van der Waals surface area contributed by atoms with Crippen molar-refractivity contribution in [1.29, 1.82) is 0 Å². The third kappa shape index (κ3) is 7.22. The van der Waals surface area contributed by atoms with Gasteiger partial charge in [0.15, 0.2) is 28.6 Å². The molecular formula is C32H37IN2O10. The molecule has 13 heteroatoms. The number of fused-ring (bicyclic) bond motifs is 1. The van der Waals surface area contributed by atoms with Gasteiger partial charge in [0.05, 0.1) is 43.1 Å². The lowest BCUT2D eigenvalue weighted by Crippen LogP contribution is -2.56. The lowest BCUT2D eigenvalue weighted by Gasteiger charge is -2.41. The van der Waals surface area contributed by atoms with Crippen molar-refractivity contribution in [3.05, 3.63) is 62.9 Å². The molecule has 242 valence electrons. The van der Waals surface area contributed by atoms with Gasteiger partial charge < -0.3 is 48.9 Å². The molecule has 2 heterocycles. The van der Waals surface area contributed by atoms with Crippen molar-refractivity contribution >= 4 is 45.4 Å². The summed E-state index contributed by atoms with van der Waals surface area (Å²) in [5.74, 6) is 0.239. The molecule has 2 amide bonds. The van der Waals surface area contributed by atoms with Crippen molar-refractivity contribution < 1.29 is 48.3 Å². The SMILES string of the molecule is COc1cc(CO)cc(I)c1OC1C=C(C(=O)NCCO)CC(N(CC2CCCO2)C(=O)c2cc3cccc(OC)c3o2)C1O. The Hall–Kier alpha value is -3.37. The van der Waals surface area contributed by atoms with Gasteiger partial charge in [-0.15, -0.1) is 0 Å². The molecule has 1 aliphatic heterocycles. The summed E-state index contributed by atoms with van der Waals surface area (Å²) in [5, 5.41) is 34.2. The van der Waals surface area contributed by atoms with Crippen LogP contribution < -0.4 is 19.5 Å². The fraction of sp³-hybridized carbons (Fsp3) is 0.438. The molecule has 4 unspecified atom stereocenters. The van der Waals surface area contributed by atoms with Crippen LogP contribution in [0, 0.1) is 3.57 Å². The first kappa shape index (κ1) is 33.0. The standard InChI is InChI=1S/C32H37IN2O10/c1-41-24-7-3-5-19-14-27(45-29(19)24)32(40)35(16-21-6-4-10-43-21)23-13-20(31(39)34-8-9-36)15-25(28(23)38)44-30-22(33)11-18(17-37)12-26(30)42-2/h3,5,7,11-12,14-15,21,23,25,28,36-38H,4,6,8-10,13,16-17H2,1-2H3,(H,34,39). The summed E-state index contributed by atoms with van der Waals surface area (Å²) in [6.07, 6.45) is 0.487. The molecule has 1 aromatic heterocycles. The van der Waals surface area contributed by atoms with Crippen LogP contribution in [-0.4, -0.2) is 96.9 Å². The smallest absolute Gasteiger partial charge is 0.290 e. The van der Waals surface area contributed by atoms with Crippen LogP contribution in [0.2, 0.25) is 0 Å². The van der Waals surface area contributed by atoms with Gasteiger partial charge in [0.25, 0.3) is 5.91 Å². The minimum atomic E-state index is -1.28. The predicted octanol–water partition coefficient (Wildman–Crippen LogP) is 2.78. The van der Waals surface area contributed by atoms with Gasteiger partial charge in [0, 0.05) is 37.1 Å². The third-order valence-electron chi connectivity index (χ3n) is 7.96. The van der Waals surface area contributed by atoms with Gasteiger partial charge in [0.1, 0.15) is 12.2 Å². The molecule has 3 aromatic rings. The molecule has 2 aromatic carbocycles. The molecular weight excluding hydrogens is 699 g/mol. The minimum Gasteiger partial charge on any atom is -0.493 e. The Labute approximate surface area is 274 Å². The maximum absolute atomic E-state index is 14.3. The van der Waals surface area contributed by atoms with Crippen molar-refractivity contribution in [1.82, 2.24) is 10.2 Å². The normalized spacial score (nSPS) is 21.3. The zero-order chi connectivity index (χ0) is 32.1. The molecule has 1 aliphatic carbocycles. The molecule has 45 heavy (non-hydrogen) atoms. The zero-order valence-corrected chi connectivity index (χ0v) is 27.2.